The first kappa shape index (κ1) is 14.7. The highest BCUT2D eigenvalue weighted by atomic mass is 16.5. The maximum Gasteiger partial charge on any atom is 0.330 e. The minimum atomic E-state index is -0.425. The van der Waals surface area contributed by atoms with Crippen LogP contribution in [-0.2, 0) is 9.53 Å². The Morgan fingerprint density at radius 1 is 1.14 bits per heavy atom. The number of carbonyl (C=O) groups is 1. The van der Waals surface area contributed by atoms with Crippen molar-refractivity contribution in [2.45, 2.75) is 6.42 Å². The molecule has 0 aliphatic carbocycles. The molecule has 0 radical (unpaired) electrons. The summed E-state index contributed by atoms with van der Waals surface area (Å²) in [6.45, 7) is 4.05. The van der Waals surface area contributed by atoms with Gasteiger partial charge >= 0.3 is 5.97 Å². The Balaban J connectivity index is 1.78. The van der Waals surface area contributed by atoms with Crippen LogP contribution in [0.3, 0.4) is 0 Å². The quantitative estimate of drug-likeness (QED) is 0.444. The van der Waals surface area contributed by atoms with E-state index in [1.165, 1.54) is 0 Å². The lowest BCUT2D eigenvalue weighted by Crippen LogP contribution is -2.06. The molecule has 108 valence electrons. The van der Waals surface area contributed by atoms with E-state index in [0.717, 1.165) is 11.6 Å². The fourth-order valence-corrected chi connectivity index (χ4v) is 1.61. The van der Waals surface area contributed by atoms with Crippen molar-refractivity contribution in [3.63, 3.8) is 0 Å². The molecule has 0 atom stereocenters. The Morgan fingerprint density at radius 2 is 1.86 bits per heavy atom. The van der Waals surface area contributed by atoms with Crippen LogP contribution in [0.5, 0.6) is 5.75 Å². The third-order valence-electron chi connectivity index (χ3n) is 2.63. The van der Waals surface area contributed by atoms with Crippen molar-refractivity contribution in [1.29, 1.82) is 0 Å². The van der Waals surface area contributed by atoms with Crippen LogP contribution in [-0.4, -0.2) is 29.2 Å². The summed E-state index contributed by atoms with van der Waals surface area (Å²) in [4.78, 5) is 19.3. The van der Waals surface area contributed by atoms with Crippen LogP contribution in [0, 0.1) is 0 Å². The van der Waals surface area contributed by atoms with Crippen molar-refractivity contribution in [1.82, 2.24) is 9.97 Å². The van der Waals surface area contributed by atoms with Crippen molar-refractivity contribution < 1.29 is 14.3 Å². The van der Waals surface area contributed by atoms with Crippen molar-refractivity contribution in [3.05, 3.63) is 55.4 Å². The predicted molar refractivity (Wildman–Crippen MR) is 78.7 cm³/mol. The summed E-state index contributed by atoms with van der Waals surface area (Å²) in [5.41, 5.74) is 0.959. The molecular weight excluding hydrogens is 268 g/mol. The lowest BCUT2D eigenvalue weighted by atomic mass is 10.2. The molecule has 0 spiro atoms. The van der Waals surface area contributed by atoms with Gasteiger partial charge in [-0.2, -0.15) is 0 Å². The van der Waals surface area contributed by atoms with Gasteiger partial charge in [0.15, 0.2) is 11.6 Å². The molecule has 0 unspecified atom stereocenters. The smallest absolute Gasteiger partial charge is 0.330 e. The standard InChI is InChI=1S/C16H16N2O3/c1-2-15(19)21-10-6-9-20-14-11-17-16(18-12-14)13-7-4-3-5-8-13/h2-5,7-8,11-12H,1,6,9-10H2. The van der Waals surface area contributed by atoms with Crippen molar-refractivity contribution in [2.24, 2.45) is 0 Å². The van der Waals surface area contributed by atoms with Gasteiger partial charge in [0, 0.05) is 18.1 Å². The molecular formula is C16H16N2O3. The number of carbonyl (C=O) groups excluding carboxylic acids is 1. The zero-order valence-corrected chi connectivity index (χ0v) is 11.6. The molecule has 2 rings (SSSR count). The summed E-state index contributed by atoms with van der Waals surface area (Å²) >= 11 is 0. The minimum Gasteiger partial charge on any atom is -0.490 e. The highest BCUT2D eigenvalue weighted by Gasteiger charge is 2.01. The molecule has 0 aliphatic rings. The third kappa shape index (κ3) is 4.72. The van der Waals surface area contributed by atoms with Crippen molar-refractivity contribution in [2.75, 3.05) is 13.2 Å². The van der Waals surface area contributed by atoms with E-state index in [9.17, 15) is 4.79 Å². The van der Waals surface area contributed by atoms with E-state index < -0.39 is 5.97 Å². The van der Waals surface area contributed by atoms with E-state index in [1.807, 2.05) is 30.3 Å². The van der Waals surface area contributed by atoms with Gasteiger partial charge in [0.25, 0.3) is 0 Å². The van der Waals surface area contributed by atoms with Crippen LogP contribution in [0.15, 0.2) is 55.4 Å². The number of aromatic nitrogens is 2. The van der Waals surface area contributed by atoms with Crippen molar-refractivity contribution in [3.8, 4) is 17.1 Å². The van der Waals surface area contributed by atoms with Gasteiger partial charge in [-0.1, -0.05) is 36.9 Å². The number of hydrogen-bond donors (Lipinski definition) is 0. The van der Waals surface area contributed by atoms with E-state index in [1.54, 1.807) is 12.4 Å². The van der Waals surface area contributed by atoms with Gasteiger partial charge in [-0.05, 0) is 0 Å². The molecule has 0 amide bonds. The Labute approximate surface area is 123 Å². The SMILES string of the molecule is C=CC(=O)OCCCOc1cnc(-c2ccccc2)nc1. The zero-order chi connectivity index (χ0) is 14.9. The summed E-state index contributed by atoms with van der Waals surface area (Å²) in [5, 5.41) is 0. The lowest BCUT2D eigenvalue weighted by molar-refractivity contribution is -0.137. The molecule has 1 aromatic carbocycles. The van der Waals surface area contributed by atoms with Gasteiger partial charge in [-0.25, -0.2) is 14.8 Å². The second-order valence-electron chi connectivity index (χ2n) is 4.18. The molecule has 1 heterocycles. The molecule has 0 N–H and O–H groups in total. The first-order valence-corrected chi connectivity index (χ1v) is 6.59. The van der Waals surface area contributed by atoms with Gasteiger partial charge in [0.2, 0.25) is 0 Å². The normalized spacial score (nSPS) is 9.90. The molecule has 5 heteroatoms. The number of ether oxygens (including phenoxy) is 2. The Bertz CT molecular complexity index is 582. The maximum atomic E-state index is 10.8. The monoisotopic (exact) mass is 284 g/mol. The number of esters is 1. The average molecular weight is 284 g/mol. The Hall–Kier alpha value is -2.69. The molecule has 1 aromatic heterocycles. The Morgan fingerprint density at radius 3 is 2.52 bits per heavy atom. The van der Waals surface area contributed by atoms with E-state index in [2.05, 4.69) is 16.5 Å². The summed E-state index contributed by atoms with van der Waals surface area (Å²) in [6.07, 6.45) is 4.99. The minimum absolute atomic E-state index is 0.299. The zero-order valence-electron chi connectivity index (χ0n) is 11.6. The second kappa shape index (κ2) is 7.79. The van der Waals surface area contributed by atoms with Crippen LogP contribution < -0.4 is 4.74 Å². The first-order valence-electron chi connectivity index (χ1n) is 6.59. The van der Waals surface area contributed by atoms with E-state index in [4.69, 9.17) is 9.47 Å². The fourth-order valence-electron chi connectivity index (χ4n) is 1.61. The first-order chi connectivity index (χ1) is 10.3. The van der Waals surface area contributed by atoms with Gasteiger partial charge in [0.05, 0.1) is 25.6 Å². The second-order valence-corrected chi connectivity index (χ2v) is 4.18. The van der Waals surface area contributed by atoms with Gasteiger partial charge in [0.1, 0.15) is 0 Å². The molecule has 2 aromatic rings. The number of benzene rings is 1. The largest absolute Gasteiger partial charge is 0.490 e. The fraction of sp³-hybridized carbons (Fsp3) is 0.188. The molecule has 21 heavy (non-hydrogen) atoms. The van der Waals surface area contributed by atoms with Crippen LogP contribution in [0.1, 0.15) is 6.42 Å². The van der Waals surface area contributed by atoms with Crippen LogP contribution in [0.2, 0.25) is 0 Å². The molecule has 0 saturated carbocycles. The van der Waals surface area contributed by atoms with Crippen LogP contribution in [0.4, 0.5) is 0 Å². The lowest BCUT2D eigenvalue weighted by Gasteiger charge is -2.06. The number of nitrogens with zero attached hydrogens (tertiary/aromatic N) is 2. The molecule has 5 nitrogen and oxygen atoms in total. The summed E-state index contributed by atoms with van der Waals surface area (Å²) in [5.74, 6) is 0.818. The molecule has 0 aliphatic heterocycles. The molecule has 0 bridgehead atoms. The van der Waals surface area contributed by atoms with Gasteiger partial charge in [-0.15, -0.1) is 0 Å². The topological polar surface area (TPSA) is 61.3 Å². The predicted octanol–water partition coefficient (Wildman–Crippen LogP) is 2.64. The number of hydrogen-bond acceptors (Lipinski definition) is 5. The van der Waals surface area contributed by atoms with E-state index in [-0.39, 0.29) is 0 Å². The van der Waals surface area contributed by atoms with Gasteiger partial charge in [-0.3, -0.25) is 0 Å². The third-order valence-corrected chi connectivity index (χ3v) is 2.63. The maximum absolute atomic E-state index is 10.8. The summed E-state index contributed by atoms with van der Waals surface area (Å²) in [6, 6.07) is 9.72. The number of rotatable bonds is 7. The van der Waals surface area contributed by atoms with Crippen LogP contribution >= 0.6 is 0 Å². The average Bonchev–Trinajstić information content (AvgIpc) is 2.55. The van der Waals surface area contributed by atoms with E-state index in [0.29, 0.717) is 31.2 Å². The molecule has 0 fully saturated rings. The summed E-state index contributed by atoms with van der Waals surface area (Å²) in [7, 11) is 0. The highest BCUT2D eigenvalue weighted by Crippen LogP contribution is 2.15. The Kier molecular flexibility index (Phi) is 5.46. The summed E-state index contributed by atoms with van der Waals surface area (Å²) < 4.78 is 10.3. The van der Waals surface area contributed by atoms with E-state index >= 15 is 0 Å². The van der Waals surface area contributed by atoms with Crippen LogP contribution in [0.25, 0.3) is 11.4 Å². The van der Waals surface area contributed by atoms with Gasteiger partial charge < -0.3 is 9.47 Å². The molecule has 0 saturated heterocycles. The van der Waals surface area contributed by atoms with Crippen molar-refractivity contribution >= 4 is 5.97 Å². The highest BCUT2D eigenvalue weighted by molar-refractivity contribution is 5.81.